The topological polar surface area (TPSA) is 64.7 Å². The van der Waals surface area contributed by atoms with Gasteiger partial charge >= 0.3 is 0 Å². The van der Waals surface area contributed by atoms with Crippen molar-refractivity contribution in [2.75, 3.05) is 51.3 Å². The van der Waals surface area contributed by atoms with Crippen LogP contribution in [0, 0.1) is 5.92 Å². The number of hydrogen-bond acceptors (Lipinski definition) is 5. The molecule has 0 radical (unpaired) electrons. The fraction of sp³-hybridized carbons (Fsp3) is 0.440. The molecule has 0 unspecified atom stereocenters. The van der Waals surface area contributed by atoms with Gasteiger partial charge in [-0.2, -0.15) is 0 Å². The molecular weight excluding hydrogens is 402 g/mol. The van der Waals surface area contributed by atoms with Crippen LogP contribution in [0.15, 0.2) is 48.5 Å². The summed E-state index contributed by atoms with van der Waals surface area (Å²) >= 11 is 0. The molecule has 1 aromatic heterocycles. The molecule has 0 bridgehead atoms. The van der Waals surface area contributed by atoms with E-state index in [-0.39, 0.29) is 5.92 Å². The van der Waals surface area contributed by atoms with Crippen LogP contribution >= 0.6 is 0 Å². The number of H-pyrrole nitrogens is 1. The monoisotopic (exact) mass is 433 g/mol. The van der Waals surface area contributed by atoms with Crippen LogP contribution < -0.4 is 9.64 Å². The number of nitrogens with zero attached hydrogens (tertiary/aromatic N) is 4. The SMILES string of the molecule is COc1ccc(N2CCN(C(=O)C3CCN(Cc4nc5ccccc5[nH]4)CC3)CC2)cc1. The summed E-state index contributed by atoms with van der Waals surface area (Å²) < 4.78 is 5.25. The number of piperidine rings is 1. The molecular formula is C25H31N5O2. The molecule has 2 aromatic carbocycles. The third kappa shape index (κ3) is 4.43. The second kappa shape index (κ2) is 9.20. The van der Waals surface area contributed by atoms with Crippen molar-refractivity contribution in [1.29, 1.82) is 0 Å². The fourth-order valence-electron chi connectivity index (χ4n) is 4.87. The summed E-state index contributed by atoms with van der Waals surface area (Å²) in [6, 6.07) is 16.3. The van der Waals surface area contributed by atoms with E-state index in [1.54, 1.807) is 7.11 Å². The standard InChI is InChI=1S/C25H31N5O2/c1-32-21-8-6-20(7-9-21)29-14-16-30(17-15-29)25(31)19-10-12-28(13-11-19)18-24-26-22-4-2-3-5-23(22)27-24/h2-9,19H,10-18H2,1H3,(H,26,27). The van der Waals surface area contributed by atoms with Crippen molar-refractivity contribution >= 4 is 22.6 Å². The molecule has 5 rings (SSSR count). The van der Waals surface area contributed by atoms with Crippen LogP contribution in [0.5, 0.6) is 5.75 Å². The number of aromatic amines is 1. The number of aromatic nitrogens is 2. The molecule has 3 heterocycles. The van der Waals surface area contributed by atoms with Crippen LogP contribution in [-0.4, -0.2) is 72.1 Å². The van der Waals surface area contributed by atoms with E-state index in [9.17, 15) is 4.79 Å². The lowest BCUT2D eigenvalue weighted by Crippen LogP contribution is -2.51. The van der Waals surface area contributed by atoms with E-state index in [2.05, 4.69) is 37.9 Å². The Labute approximate surface area is 189 Å². The largest absolute Gasteiger partial charge is 0.497 e. The molecule has 2 aliphatic heterocycles. The minimum absolute atomic E-state index is 0.148. The molecule has 0 atom stereocenters. The average molecular weight is 434 g/mol. The van der Waals surface area contributed by atoms with Gasteiger partial charge in [-0.1, -0.05) is 12.1 Å². The summed E-state index contributed by atoms with van der Waals surface area (Å²) in [4.78, 5) is 28.0. The van der Waals surface area contributed by atoms with Gasteiger partial charge < -0.3 is 19.5 Å². The van der Waals surface area contributed by atoms with Crippen LogP contribution in [0.4, 0.5) is 5.69 Å². The lowest BCUT2D eigenvalue weighted by molar-refractivity contribution is -0.137. The molecule has 2 saturated heterocycles. The first-order valence-electron chi connectivity index (χ1n) is 11.5. The van der Waals surface area contributed by atoms with E-state index in [0.29, 0.717) is 5.91 Å². The van der Waals surface area contributed by atoms with Gasteiger partial charge in [0.2, 0.25) is 5.91 Å². The predicted molar refractivity (Wildman–Crippen MR) is 126 cm³/mol. The smallest absolute Gasteiger partial charge is 0.225 e. The molecule has 0 aliphatic carbocycles. The summed E-state index contributed by atoms with van der Waals surface area (Å²) in [7, 11) is 1.68. The maximum atomic E-state index is 13.1. The van der Waals surface area contributed by atoms with E-state index >= 15 is 0 Å². The normalized spacial score (nSPS) is 18.3. The molecule has 0 spiro atoms. The highest BCUT2D eigenvalue weighted by Crippen LogP contribution is 2.24. The van der Waals surface area contributed by atoms with E-state index < -0.39 is 0 Å². The zero-order valence-electron chi connectivity index (χ0n) is 18.7. The number of likely N-dealkylation sites (tertiary alicyclic amines) is 1. The Hall–Kier alpha value is -3.06. The number of fused-ring (bicyclic) bond motifs is 1. The molecule has 1 amide bonds. The molecule has 3 aromatic rings. The second-order valence-electron chi connectivity index (χ2n) is 8.76. The van der Waals surface area contributed by atoms with E-state index in [1.807, 2.05) is 30.3 Å². The first-order valence-corrected chi connectivity index (χ1v) is 11.5. The Morgan fingerprint density at radius 3 is 2.41 bits per heavy atom. The van der Waals surface area contributed by atoms with Gasteiger partial charge in [0.15, 0.2) is 0 Å². The van der Waals surface area contributed by atoms with E-state index in [1.165, 1.54) is 5.69 Å². The Bertz CT molecular complexity index is 1010. The molecule has 7 heteroatoms. The fourth-order valence-corrected chi connectivity index (χ4v) is 4.87. The summed E-state index contributed by atoms with van der Waals surface area (Å²) in [5, 5.41) is 0. The van der Waals surface area contributed by atoms with Crippen LogP contribution in [0.3, 0.4) is 0 Å². The van der Waals surface area contributed by atoms with Gasteiger partial charge in [0.05, 0.1) is 24.7 Å². The molecule has 1 N–H and O–H groups in total. The number of carbonyl (C=O) groups is 1. The first kappa shape index (κ1) is 20.8. The maximum Gasteiger partial charge on any atom is 0.225 e. The molecule has 0 saturated carbocycles. The molecule has 2 aliphatic rings. The quantitative estimate of drug-likeness (QED) is 0.670. The number of benzene rings is 2. The van der Waals surface area contributed by atoms with Gasteiger partial charge in [-0.25, -0.2) is 4.98 Å². The number of carbonyl (C=O) groups excluding carboxylic acids is 1. The van der Waals surface area contributed by atoms with Crippen LogP contribution in [-0.2, 0) is 11.3 Å². The number of piperazine rings is 1. The summed E-state index contributed by atoms with van der Waals surface area (Å²) in [5.74, 6) is 2.36. The zero-order valence-corrected chi connectivity index (χ0v) is 18.7. The highest BCUT2D eigenvalue weighted by Gasteiger charge is 2.30. The lowest BCUT2D eigenvalue weighted by atomic mass is 9.95. The Balaban J connectivity index is 1.10. The average Bonchev–Trinajstić information content (AvgIpc) is 3.26. The summed E-state index contributed by atoms with van der Waals surface area (Å²) in [6.45, 7) is 6.05. The zero-order chi connectivity index (χ0) is 21.9. The summed E-state index contributed by atoms with van der Waals surface area (Å²) in [5.41, 5.74) is 3.29. The van der Waals surface area contributed by atoms with Crippen molar-refractivity contribution in [2.24, 2.45) is 5.92 Å². The number of imidazole rings is 1. The van der Waals surface area contributed by atoms with Crippen molar-refractivity contribution in [3.8, 4) is 5.75 Å². The number of rotatable bonds is 5. The highest BCUT2D eigenvalue weighted by atomic mass is 16.5. The third-order valence-corrected chi connectivity index (χ3v) is 6.78. The number of hydrogen-bond donors (Lipinski definition) is 1. The van der Waals surface area contributed by atoms with Gasteiger partial charge in [0.1, 0.15) is 11.6 Å². The number of para-hydroxylation sites is 2. The minimum atomic E-state index is 0.148. The van der Waals surface area contributed by atoms with Crippen molar-refractivity contribution in [1.82, 2.24) is 19.8 Å². The predicted octanol–water partition coefficient (Wildman–Crippen LogP) is 3.13. The summed E-state index contributed by atoms with van der Waals surface area (Å²) in [6.07, 6.45) is 1.86. The number of ether oxygens (including phenoxy) is 1. The van der Waals surface area contributed by atoms with Gasteiger partial charge in [-0.15, -0.1) is 0 Å². The lowest BCUT2D eigenvalue weighted by Gasteiger charge is -2.39. The second-order valence-corrected chi connectivity index (χ2v) is 8.76. The van der Waals surface area contributed by atoms with Gasteiger partial charge in [0, 0.05) is 37.8 Å². The Morgan fingerprint density at radius 1 is 1.00 bits per heavy atom. The molecule has 168 valence electrons. The minimum Gasteiger partial charge on any atom is -0.497 e. The van der Waals surface area contributed by atoms with Crippen LogP contribution in [0.25, 0.3) is 11.0 Å². The molecule has 7 nitrogen and oxygen atoms in total. The van der Waals surface area contributed by atoms with Crippen molar-refractivity contribution in [2.45, 2.75) is 19.4 Å². The number of amides is 1. The van der Waals surface area contributed by atoms with Crippen molar-refractivity contribution in [3.05, 3.63) is 54.4 Å². The number of nitrogens with one attached hydrogen (secondary N) is 1. The van der Waals surface area contributed by atoms with E-state index in [4.69, 9.17) is 9.72 Å². The van der Waals surface area contributed by atoms with Gasteiger partial charge in [0.25, 0.3) is 0 Å². The van der Waals surface area contributed by atoms with Crippen molar-refractivity contribution < 1.29 is 9.53 Å². The van der Waals surface area contributed by atoms with Gasteiger partial charge in [-0.05, 0) is 62.3 Å². The van der Waals surface area contributed by atoms with Crippen molar-refractivity contribution in [3.63, 3.8) is 0 Å². The number of anilines is 1. The first-order chi connectivity index (χ1) is 15.7. The van der Waals surface area contributed by atoms with Crippen LogP contribution in [0.2, 0.25) is 0 Å². The number of methoxy groups -OCH3 is 1. The van der Waals surface area contributed by atoms with Gasteiger partial charge in [-0.3, -0.25) is 9.69 Å². The molecule has 2 fully saturated rings. The third-order valence-electron chi connectivity index (χ3n) is 6.78. The maximum absolute atomic E-state index is 13.1. The highest BCUT2D eigenvalue weighted by molar-refractivity contribution is 5.79. The molecule has 32 heavy (non-hydrogen) atoms. The Morgan fingerprint density at radius 2 is 1.72 bits per heavy atom. The van der Waals surface area contributed by atoms with E-state index in [0.717, 1.165) is 81.3 Å². The Kier molecular flexibility index (Phi) is 5.99. The van der Waals surface area contributed by atoms with Crippen LogP contribution in [0.1, 0.15) is 18.7 Å².